The van der Waals surface area contributed by atoms with Crippen molar-refractivity contribution in [1.82, 2.24) is 10.2 Å². The number of thioether (sulfide) groups is 1. The standard InChI is InChI=1S/C14H19ClN2OS.ClH/c1-10-11(2)17(8-7-16-10)14(18)9-19-13-5-3-12(15)4-6-13;/h3-6,10-11,16H,7-9H2,1-2H3;1H. The Morgan fingerprint density at radius 3 is 2.70 bits per heavy atom. The van der Waals surface area contributed by atoms with Gasteiger partial charge < -0.3 is 10.2 Å². The Bertz CT molecular complexity index is 441. The minimum Gasteiger partial charge on any atom is -0.336 e. The summed E-state index contributed by atoms with van der Waals surface area (Å²) in [6.45, 7) is 5.90. The van der Waals surface area contributed by atoms with E-state index in [9.17, 15) is 4.79 Å². The van der Waals surface area contributed by atoms with Gasteiger partial charge >= 0.3 is 0 Å². The first kappa shape index (κ1) is 17.6. The van der Waals surface area contributed by atoms with Gasteiger partial charge in [-0.1, -0.05) is 11.6 Å². The first-order valence-electron chi connectivity index (χ1n) is 6.49. The maximum Gasteiger partial charge on any atom is 0.233 e. The van der Waals surface area contributed by atoms with Gasteiger partial charge in [-0.2, -0.15) is 0 Å². The van der Waals surface area contributed by atoms with Crippen LogP contribution in [0.25, 0.3) is 0 Å². The van der Waals surface area contributed by atoms with Crippen LogP contribution in [0.4, 0.5) is 0 Å². The Hall–Kier alpha value is -0.420. The molecule has 0 aliphatic carbocycles. The van der Waals surface area contributed by atoms with Crippen molar-refractivity contribution in [3.05, 3.63) is 29.3 Å². The Balaban J connectivity index is 0.00000200. The molecular formula is C14H20Cl2N2OS. The van der Waals surface area contributed by atoms with Crippen molar-refractivity contribution in [1.29, 1.82) is 0 Å². The maximum atomic E-state index is 12.2. The highest BCUT2D eigenvalue weighted by atomic mass is 35.5. The minimum absolute atomic E-state index is 0. The number of hydrogen-bond acceptors (Lipinski definition) is 3. The van der Waals surface area contributed by atoms with E-state index in [0.717, 1.165) is 23.0 Å². The lowest BCUT2D eigenvalue weighted by atomic mass is 10.1. The van der Waals surface area contributed by atoms with Crippen LogP contribution in [0.5, 0.6) is 0 Å². The van der Waals surface area contributed by atoms with Crippen LogP contribution in [-0.4, -0.2) is 41.7 Å². The van der Waals surface area contributed by atoms with E-state index in [1.807, 2.05) is 29.2 Å². The zero-order chi connectivity index (χ0) is 13.8. The number of carbonyl (C=O) groups excluding carboxylic acids is 1. The summed E-state index contributed by atoms with van der Waals surface area (Å²) in [6, 6.07) is 8.22. The number of piperazine rings is 1. The third-order valence-corrected chi connectivity index (χ3v) is 4.78. The normalized spacial score (nSPS) is 22.2. The van der Waals surface area contributed by atoms with E-state index in [0.29, 0.717) is 11.8 Å². The largest absolute Gasteiger partial charge is 0.336 e. The Labute approximate surface area is 135 Å². The van der Waals surface area contributed by atoms with Crippen LogP contribution in [-0.2, 0) is 4.79 Å². The van der Waals surface area contributed by atoms with Crippen molar-refractivity contribution < 1.29 is 4.79 Å². The predicted octanol–water partition coefficient (Wildman–Crippen LogP) is 3.06. The Morgan fingerprint density at radius 1 is 1.40 bits per heavy atom. The van der Waals surface area contributed by atoms with Crippen molar-refractivity contribution in [2.24, 2.45) is 0 Å². The van der Waals surface area contributed by atoms with E-state index in [1.54, 1.807) is 11.8 Å². The van der Waals surface area contributed by atoms with Gasteiger partial charge in [0.05, 0.1) is 5.75 Å². The third kappa shape index (κ3) is 4.55. The number of benzene rings is 1. The van der Waals surface area contributed by atoms with Crippen molar-refractivity contribution in [3.8, 4) is 0 Å². The molecule has 1 aliphatic rings. The summed E-state index contributed by atoms with van der Waals surface area (Å²) in [5.41, 5.74) is 0. The summed E-state index contributed by atoms with van der Waals surface area (Å²) in [6.07, 6.45) is 0. The number of rotatable bonds is 3. The molecule has 1 aliphatic heterocycles. The van der Waals surface area contributed by atoms with Crippen molar-refractivity contribution in [3.63, 3.8) is 0 Å². The number of nitrogens with one attached hydrogen (secondary N) is 1. The molecule has 0 spiro atoms. The van der Waals surface area contributed by atoms with E-state index >= 15 is 0 Å². The van der Waals surface area contributed by atoms with Gasteiger partial charge in [-0.25, -0.2) is 0 Å². The summed E-state index contributed by atoms with van der Waals surface area (Å²) in [5, 5.41) is 4.10. The highest BCUT2D eigenvalue weighted by molar-refractivity contribution is 8.00. The molecule has 6 heteroatoms. The van der Waals surface area contributed by atoms with Gasteiger partial charge in [-0.3, -0.25) is 4.79 Å². The molecule has 0 radical (unpaired) electrons. The highest BCUT2D eigenvalue weighted by Crippen LogP contribution is 2.21. The van der Waals surface area contributed by atoms with Gasteiger partial charge in [0.15, 0.2) is 0 Å². The molecule has 1 N–H and O–H groups in total. The van der Waals surface area contributed by atoms with Crippen LogP contribution in [0.2, 0.25) is 5.02 Å². The average Bonchev–Trinajstić information content (AvgIpc) is 2.41. The smallest absolute Gasteiger partial charge is 0.233 e. The van der Waals surface area contributed by atoms with Gasteiger partial charge in [0.2, 0.25) is 5.91 Å². The second-order valence-corrected chi connectivity index (χ2v) is 6.30. The summed E-state index contributed by atoms with van der Waals surface area (Å²) < 4.78 is 0. The highest BCUT2D eigenvalue weighted by Gasteiger charge is 2.27. The molecule has 1 heterocycles. The van der Waals surface area contributed by atoms with E-state index in [2.05, 4.69) is 19.2 Å². The van der Waals surface area contributed by atoms with Gasteiger partial charge in [0.25, 0.3) is 0 Å². The fourth-order valence-electron chi connectivity index (χ4n) is 2.17. The monoisotopic (exact) mass is 334 g/mol. The average molecular weight is 335 g/mol. The van der Waals surface area contributed by atoms with Crippen LogP contribution in [0, 0.1) is 0 Å². The predicted molar refractivity (Wildman–Crippen MR) is 88.1 cm³/mol. The number of hydrogen-bond donors (Lipinski definition) is 1. The Kier molecular flexibility index (Phi) is 7.17. The molecule has 1 aromatic carbocycles. The summed E-state index contributed by atoms with van der Waals surface area (Å²) in [5.74, 6) is 0.694. The van der Waals surface area contributed by atoms with Crippen LogP contribution in [0.15, 0.2) is 29.2 Å². The molecule has 2 rings (SSSR count). The molecule has 0 bridgehead atoms. The molecule has 0 aromatic heterocycles. The molecule has 1 aromatic rings. The number of halogens is 2. The van der Waals surface area contributed by atoms with Gasteiger partial charge in [0.1, 0.15) is 0 Å². The molecule has 0 saturated carbocycles. The maximum absolute atomic E-state index is 12.2. The summed E-state index contributed by atoms with van der Waals surface area (Å²) in [7, 11) is 0. The molecule has 2 unspecified atom stereocenters. The van der Waals surface area contributed by atoms with Gasteiger partial charge in [0, 0.05) is 35.1 Å². The van der Waals surface area contributed by atoms with E-state index in [1.165, 1.54) is 0 Å². The summed E-state index contributed by atoms with van der Waals surface area (Å²) >= 11 is 7.40. The first-order valence-corrected chi connectivity index (χ1v) is 7.85. The third-order valence-electron chi connectivity index (χ3n) is 3.53. The molecule has 2 atom stereocenters. The lowest BCUT2D eigenvalue weighted by Crippen LogP contribution is -2.57. The van der Waals surface area contributed by atoms with E-state index in [-0.39, 0.29) is 24.4 Å². The zero-order valence-electron chi connectivity index (χ0n) is 11.6. The minimum atomic E-state index is 0. The topological polar surface area (TPSA) is 32.3 Å². The number of carbonyl (C=O) groups is 1. The second-order valence-electron chi connectivity index (χ2n) is 4.81. The Morgan fingerprint density at radius 2 is 2.05 bits per heavy atom. The van der Waals surface area contributed by atoms with E-state index in [4.69, 9.17) is 11.6 Å². The lowest BCUT2D eigenvalue weighted by Gasteiger charge is -2.38. The molecular weight excluding hydrogens is 315 g/mol. The number of amides is 1. The van der Waals surface area contributed by atoms with Crippen molar-refractivity contribution in [2.45, 2.75) is 30.8 Å². The van der Waals surface area contributed by atoms with Crippen LogP contribution in [0.3, 0.4) is 0 Å². The summed E-state index contributed by atoms with van der Waals surface area (Å²) in [4.78, 5) is 15.3. The van der Waals surface area contributed by atoms with Crippen molar-refractivity contribution in [2.75, 3.05) is 18.8 Å². The first-order chi connectivity index (χ1) is 9.08. The molecule has 20 heavy (non-hydrogen) atoms. The molecule has 112 valence electrons. The zero-order valence-corrected chi connectivity index (χ0v) is 14.0. The SMILES string of the molecule is CC1NCCN(C(=O)CSc2ccc(Cl)cc2)C1C.Cl. The lowest BCUT2D eigenvalue weighted by molar-refractivity contribution is -0.131. The molecule has 3 nitrogen and oxygen atoms in total. The number of nitrogens with zero attached hydrogens (tertiary/aromatic N) is 1. The van der Waals surface area contributed by atoms with Crippen LogP contribution in [0.1, 0.15) is 13.8 Å². The second kappa shape index (κ2) is 8.13. The molecule has 1 saturated heterocycles. The van der Waals surface area contributed by atoms with Gasteiger partial charge in [-0.15, -0.1) is 24.2 Å². The van der Waals surface area contributed by atoms with Crippen LogP contribution < -0.4 is 5.32 Å². The molecule has 1 amide bonds. The van der Waals surface area contributed by atoms with Crippen molar-refractivity contribution >= 4 is 41.7 Å². The van der Waals surface area contributed by atoms with Crippen LogP contribution >= 0.6 is 35.8 Å². The fraction of sp³-hybridized carbons (Fsp3) is 0.500. The molecule has 1 fully saturated rings. The van der Waals surface area contributed by atoms with Gasteiger partial charge in [-0.05, 0) is 38.1 Å². The quantitative estimate of drug-likeness (QED) is 0.862. The fourth-order valence-corrected chi connectivity index (χ4v) is 3.08. The van der Waals surface area contributed by atoms with E-state index < -0.39 is 0 Å².